The summed E-state index contributed by atoms with van der Waals surface area (Å²) < 4.78 is 0.855. The lowest BCUT2D eigenvalue weighted by Gasteiger charge is -2.22. The Labute approximate surface area is 187 Å². The second-order valence-corrected chi connectivity index (χ2v) is 8.68. The van der Waals surface area contributed by atoms with E-state index in [-0.39, 0.29) is 5.91 Å². The smallest absolute Gasteiger partial charge is 0.325 e. The van der Waals surface area contributed by atoms with Crippen molar-refractivity contribution in [3.05, 3.63) is 58.1 Å². The van der Waals surface area contributed by atoms with Crippen molar-refractivity contribution in [2.75, 3.05) is 23.3 Å². The Morgan fingerprint density at radius 2 is 1.87 bits per heavy atom. The van der Waals surface area contributed by atoms with E-state index in [4.69, 9.17) is 0 Å². The molecule has 2 heterocycles. The number of nitrogens with zero attached hydrogens (tertiary/aromatic N) is 2. The highest BCUT2D eigenvalue weighted by molar-refractivity contribution is 9.10. The van der Waals surface area contributed by atoms with E-state index < -0.39 is 29.9 Å². The molecule has 8 nitrogen and oxygen atoms in total. The summed E-state index contributed by atoms with van der Waals surface area (Å²) in [7, 11) is 0. The second-order valence-electron chi connectivity index (χ2n) is 7.77. The SMILES string of the molecule is CC(=O)N1CCc2cc(NC(=O)CN3C(=O)NC(C)(c4ccc(Br)cc4)C3=O)ccc21. The van der Waals surface area contributed by atoms with Gasteiger partial charge in [0.05, 0.1) is 0 Å². The molecule has 0 radical (unpaired) electrons. The number of nitrogens with one attached hydrogen (secondary N) is 2. The van der Waals surface area contributed by atoms with E-state index in [0.29, 0.717) is 24.2 Å². The number of anilines is 2. The zero-order valence-electron chi connectivity index (χ0n) is 17.1. The number of fused-ring (bicyclic) bond motifs is 1. The minimum atomic E-state index is -1.23. The van der Waals surface area contributed by atoms with Gasteiger partial charge in [-0.05, 0) is 54.8 Å². The topological polar surface area (TPSA) is 98.8 Å². The molecule has 0 aliphatic carbocycles. The maximum atomic E-state index is 13.0. The fourth-order valence-corrected chi connectivity index (χ4v) is 4.23. The molecule has 1 atom stereocenters. The number of hydrogen-bond donors (Lipinski definition) is 2. The highest BCUT2D eigenvalue weighted by Crippen LogP contribution is 2.31. The van der Waals surface area contributed by atoms with E-state index in [1.165, 1.54) is 6.92 Å². The number of hydrogen-bond acceptors (Lipinski definition) is 4. The molecule has 0 aromatic heterocycles. The third kappa shape index (κ3) is 3.81. The predicted molar refractivity (Wildman–Crippen MR) is 119 cm³/mol. The van der Waals surface area contributed by atoms with Gasteiger partial charge in [0, 0.05) is 29.3 Å². The highest BCUT2D eigenvalue weighted by Gasteiger charge is 2.49. The summed E-state index contributed by atoms with van der Waals surface area (Å²) in [5, 5.41) is 5.43. The molecule has 2 aliphatic rings. The molecule has 2 aromatic carbocycles. The summed E-state index contributed by atoms with van der Waals surface area (Å²) in [6, 6.07) is 11.8. The molecule has 31 heavy (non-hydrogen) atoms. The van der Waals surface area contributed by atoms with Crippen molar-refractivity contribution in [2.45, 2.75) is 25.8 Å². The van der Waals surface area contributed by atoms with Crippen molar-refractivity contribution in [1.29, 1.82) is 0 Å². The van der Waals surface area contributed by atoms with Crippen LogP contribution in [-0.4, -0.2) is 41.7 Å². The number of urea groups is 1. The lowest BCUT2D eigenvalue weighted by atomic mass is 9.92. The van der Waals surface area contributed by atoms with Gasteiger partial charge in [-0.2, -0.15) is 0 Å². The third-order valence-electron chi connectivity index (χ3n) is 5.64. The number of imide groups is 1. The van der Waals surface area contributed by atoms with Crippen molar-refractivity contribution >= 4 is 51.1 Å². The molecular formula is C22H21BrN4O4. The lowest BCUT2D eigenvalue weighted by molar-refractivity contribution is -0.133. The first-order chi connectivity index (χ1) is 14.7. The molecule has 2 aliphatic heterocycles. The van der Waals surface area contributed by atoms with E-state index >= 15 is 0 Å². The third-order valence-corrected chi connectivity index (χ3v) is 6.17. The van der Waals surface area contributed by atoms with E-state index in [9.17, 15) is 19.2 Å². The number of benzene rings is 2. The molecule has 9 heteroatoms. The predicted octanol–water partition coefficient (Wildman–Crippen LogP) is 2.76. The molecule has 2 aromatic rings. The summed E-state index contributed by atoms with van der Waals surface area (Å²) in [6.45, 7) is 3.35. The first-order valence-corrected chi connectivity index (χ1v) is 10.6. The Hall–Kier alpha value is -3.20. The summed E-state index contributed by atoms with van der Waals surface area (Å²) in [6.07, 6.45) is 0.706. The van der Waals surface area contributed by atoms with Gasteiger partial charge < -0.3 is 15.5 Å². The van der Waals surface area contributed by atoms with Crippen molar-refractivity contribution in [3.8, 4) is 0 Å². The van der Waals surface area contributed by atoms with Crippen LogP contribution in [0.5, 0.6) is 0 Å². The van der Waals surface area contributed by atoms with Gasteiger partial charge in [-0.1, -0.05) is 28.1 Å². The quantitative estimate of drug-likeness (QED) is 0.651. The number of rotatable bonds is 4. The standard InChI is InChI=1S/C22H21BrN4O4/c1-13(28)26-10-9-14-11-17(7-8-18(14)26)24-19(29)12-27-20(30)22(2,25-21(27)31)15-3-5-16(23)6-4-15/h3-8,11H,9-10,12H2,1-2H3,(H,24,29)(H,25,31). The zero-order valence-corrected chi connectivity index (χ0v) is 18.7. The molecule has 0 saturated carbocycles. The monoisotopic (exact) mass is 484 g/mol. The Morgan fingerprint density at radius 3 is 2.55 bits per heavy atom. The largest absolute Gasteiger partial charge is 0.325 e. The molecule has 1 saturated heterocycles. The number of amides is 5. The normalized spacial score (nSPS) is 20.0. The number of halogens is 1. The van der Waals surface area contributed by atoms with Gasteiger partial charge in [0.15, 0.2) is 0 Å². The summed E-state index contributed by atoms with van der Waals surface area (Å²) in [5.41, 5.74) is 1.75. The first-order valence-electron chi connectivity index (χ1n) is 9.80. The van der Waals surface area contributed by atoms with Crippen LogP contribution in [0.2, 0.25) is 0 Å². The van der Waals surface area contributed by atoms with Crippen molar-refractivity contribution < 1.29 is 19.2 Å². The average Bonchev–Trinajstić information content (AvgIpc) is 3.23. The molecule has 1 fully saturated rings. The van der Waals surface area contributed by atoms with Crippen LogP contribution in [0.4, 0.5) is 16.2 Å². The zero-order chi connectivity index (χ0) is 22.3. The van der Waals surface area contributed by atoms with Crippen molar-refractivity contribution in [1.82, 2.24) is 10.2 Å². The minimum absolute atomic E-state index is 0.0251. The van der Waals surface area contributed by atoms with Gasteiger partial charge in [-0.3, -0.25) is 19.3 Å². The van der Waals surface area contributed by atoms with Gasteiger partial charge in [-0.15, -0.1) is 0 Å². The molecule has 1 unspecified atom stereocenters. The van der Waals surface area contributed by atoms with Crippen LogP contribution in [0, 0.1) is 0 Å². The maximum Gasteiger partial charge on any atom is 0.325 e. The van der Waals surface area contributed by atoms with Gasteiger partial charge in [0.2, 0.25) is 11.8 Å². The first kappa shape index (κ1) is 21.0. The second kappa shape index (κ2) is 7.81. The molecule has 4 rings (SSSR count). The van der Waals surface area contributed by atoms with E-state index in [2.05, 4.69) is 26.6 Å². The molecule has 0 bridgehead atoms. The Balaban J connectivity index is 1.45. The van der Waals surface area contributed by atoms with Crippen LogP contribution >= 0.6 is 15.9 Å². The van der Waals surface area contributed by atoms with Crippen LogP contribution in [0.1, 0.15) is 25.0 Å². The van der Waals surface area contributed by atoms with Gasteiger partial charge in [0.25, 0.3) is 5.91 Å². The maximum absolute atomic E-state index is 13.0. The lowest BCUT2D eigenvalue weighted by Crippen LogP contribution is -2.42. The fraction of sp³-hybridized carbons (Fsp3) is 0.273. The van der Waals surface area contributed by atoms with Crippen LogP contribution < -0.4 is 15.5 Å². The molecule has 5 amide bonds. The van der Waals surface area contributed by atoms with E-state index in [1.54, 1.807) is 48.2 Å². The Morgan fingerprint density at radius 1 is 1.16 bits per heavy atom. The summed E-state index contributed by atoms with van der Waals surface area (Å²) >= 11 is 3.35. The minimum Gasteiger partial charge on any atom is -0.325 e. The van der Waals surface area contributed by atoms with Crippen LogP contribution in [-0.2, 0) is 26.3 Å². The molecule has 2 N–H and O–H groups in total. The Kier molecular flexibility index (Phi) is 5.30. The van der Waals surface area contributed by atoms with Gasteiger partial charge >= 0.3 is 6.03 Å². The highest BCUT2D eigenvalue weighted by atomic mass is 79.9. The fourth-order valence-electron chi connectivity index (χ4n) is 3.97. The number of carbonyl (C=O) groups excluding carboxylic acids is 4. The number of carbonyl (C=O) groups is 4. The van der Waals surface area contributed by atoms with Crippen molar-refractivity contribution in [2.24, 2.45) is 0 Å². The molecule has 0 spiro atoms. The Bertz CT molecular complexity index is 1100. The van der Waals surface area contributed by atoms with Crippen LogP contribution in [0.3, 0.4) is 0 Å². The summed E-state index contributed by atoms with van der Waals surface area (Å²) in [5.74, 6) is -0.992. The van der Waals surface area contributed by atoms with Crippen LogP contribution in [0.15, 0.2) is 46.9 Å². The van der Waals surface area contributed by atoms with Gasteiger partial charge in [-0.25, -0.2) is 4.79 Å². The molecule has 160 valence electrons. The van der Waals surface area contributed by atoms with Gasteiger partial charge in [0.1, 0.15) is 12.1 Å². The van der Waals surface area contributed by atoms with E-state index in [0.717, 1.165) is 20.6 Å². The molecular weight excluding hydrogens is 464 g/mol. The van der Waals surface area contributed by atoms with E-state index in [1.807, 2.05) is 6.07 Å². The summed E-state index contributed by atoms with van der Waals surface area (Å²) in [4.78, 5) is 52.3. The average molecular weight is 485 g/mol. The van der Waals surface area contributed by atoms with Crippen molar-refractivity contribution in [3.63, 3.8) is 0 Å². The van der Waals surface area contributed by atoms with Crippen LogP contribution in [0.25, 0.3) is 0 Å².